The zero-order chi connectivity index (χ0) is 14.8. The quantitative estimate of drug-likeness (QED) is 0.801. The van der Waals surface area contributed by atoms with Crippen LogP contribution in [0, 0.1) is 0 Å². The largest absolute Gasteiger partial charge is 0.297 e. The molecule has 1 aliphatic rings. The third-order valence-corrected chi connectivity index (χ3v) is 4.72. The lowest BCUT2D eigenvalue weighted by Gasteiger charge is -2.34. The van der Waals surface area contributed by atoms with Gasteiger partial charge in [0.05, 0.1) is 17.7 Å². The number of rotatable bonds is 6. The molecule has 0 aromatic carbocycles. The normalized spacial score (nSPS) is 17.9. The molecular formula is C16H27N3O. The van der Waals surface area contributed by atoms with Gasteiger partial charge in [-0.2, -0.15) is 5.10 Å². The van der Waals surface area contributed by atoms with Crippen LogP contribution in [0.15, 0.2) is 6.07 Å². The third kappa shape index (κ3) is 2.66. The van der Waals surface area contributed by atoms with Gasteiger partial charge in [-0.05, 0) is 46.3 Å². The summed E-state index contributed by atoms with van der Waals surface area (Å²) in [6.07, 6.45) is 5.76. The number of hydrogen-bond donors (Lipinski definition) is 0. The van der Waals surface area contributed by atoms with E-state index in [4.69, 9.17) is 0 Å². The van der Waals surface area contributed by atoms with Gasteiger partial charge in [-0.1, -0.05) is 19.8 Å². The van der Waals surface area contributed by atoms with Gasteiger partial charge >= 0.3 is 0 Å². The Morgan fingerprint density at radius 2 is 2.00 bits per heavy atom. The minimum atomic E-state index is -0.241. The van der Waals surface area contributed by atoms with Crippen LogP contribution in [-0.4, -0.2) is 40.1 Å². The Hall–Kier alpha value is -1.16. The Bertz CT molecular complexity index is 470. The Labute approximate surface area is 122 Å². The van der Waals surface area contributed by atoms with Crippen molar-refractivity contribution in [1.82, 2.24) is 14.7 Å². The van der Waals surface area contributed by atoms with Crippen molar-refractivity contribution < 1.29 is 4.79 Å². The number of aromatic nitrogens is 2. The highest BCUT2D eigenvalue weighted by Crippen LogP contribution is 2.35. The summed E-state index contributed by atoms with van der Waals surface area (Å²) in [5.74, 6) is 0.359. The maximum absolute atomic E-state index is 12.9. The second kappa shape index (κ2) is 6.08. The Kier molecular flexibility index (Phi) is 4.63. The molecule has 112 valence electrons. The second-order valence-corrected chi connectivity index (χ2v) is 6.03. The van der Waals surface area contributed by atoms with Crippen molar-refractivity contribution in [3.63, 3.8) is 0 Å². The van der Waals surface area contributed by atoms with E-state index in [0.717, 1.165) is 50.0 Å². The molecular weight excluding hydrogens is 250 g/mol. The first-order valence-corrected chi connectivity index (χ1v) is 7.79. The molecule has 1 saturated carbocycles. The van der Waals surface area contributed by atoms with Crippen LogP contribution in [0.25, 0.3) is 0 Å². The molecule has 2 rings (SSSR count). The molecule has 0 atom stereocenters. The minimum absolute atomic E-state index is 0.241. The van der Waals surface area contributed by atoms with Gasteiger partial charge in [-0.25, -0.2) is 0 Å². The van der Waals surface area contributed by atoms with Gasteiger partial charge in [0, 0.05) is 12.2 Å². The number of ketones is 1. The highest BCUT2D eigenvalue weighted by Gasteiger charge is 2.42. The number of hydrogen-bond acceptors (Lipinski definition) is 3. The van der Waals surface area contributed by atoms with Crippen LogP contribution in [0.4, 0.5) is 0 Å². The van der Waals surface area contributed by atoms with E-state index < -0.39 is 0 Å². The van der Waals surface area contributed by atoms with Crippen molar-refractivity contribution in [2.24, 2.45) is 0 Å². The van der Waals surface area contributed by atoms with Crippen molar-refractivity contribution in [1.29, 1.82) is 0 Å². The van der Waals surface area contributed by atoms with Crippen molar-refractivity contribution in [2.45, 2.75) is 64.5 Å². The predicted molar refractivity (Wildman–Crippen MR) is 80.9 cm³/mol. The summed E-state index contributed by atoms with van der Waals surface area (Å²) >= 11 is 0. The number of likely N-dealkylation sites (N-methyl/N-ethyl adjacent to an activating group) is 1. The fourth-order valence-electron chi connectivity index (χ4n) is 3.37. The Morgan fingerprint density at radius 1 is 1.35 bits per heavy atom. The van der Waals surface area contributed by atoms with Crippen molar-refractivity contribution in [2.75, 3.05) is 14.1 Å². The molecule has 4 nitrogen and oxygen atoms in total. The van der Waals surface area contributed by atoms with Gasteiger partial charge in [0.1, 0.15) is 0 Å². The van der Waals surface area contributed by atoms with Gasteiger partial charge in [-0.3, -0.25) is 14.4 Å². The maximum atomic E-state index is 12.9. The Balaban J connectivity index is 2.20. The summed E-state index contributed by atoms with van der Waals surface area (Å²) in [7, 11) is 4.08. The lowest BCUT2D eigenvalue weighted by atomic mass is 9.88. The number of Topliss-reactive ketones (excluding diaryl/α,β-unsaturated/α-hetero) is 1. The highest BCUT2D eigenvalue weighted by atomic mass is 16.1. The van der Waals surface area contributed by atoms with Crippen molar-refractivity contribution >= 4 is 5.78 Å². The summed E-state index contributed by atoms with van der Waals surface area (Å²) in [4.78, 5) is 15.0. The van der Waals surface area contributed by atoms with Gasteiger partial charge in [0.2, 0.25) is 0 Å². The molecule has 1 aromatic heterocycles. The fourth-order valence-corrected chi connectivity index (χ4v) is 3.37. The molecule has 1 fully saturated rings. The number of aryl methyl sites for hydroxylation is 2. The van der Waals surface area contributed by atoms with Crippen LogP contribution in [-0.2, 0) is 24.2 Å². The molecule has 1 heterocycles. The standard InChI is InChI=1S/C16H27N3O/c1-5-13-11-14(19(6-2)17-13)12-15(20)16(18(3)4)9-7-8-10-16/h11H,5-10,12H2,1-4H3. The summed E-state index contributed by atoms with van der Waals surface area (Å²) < 4.78 is 1.98. The summed E-state index contributed by atoms with van der Waals surface area (Å²) in [5, 5.41) is 4.55. The average Bonchev–Trinajstić information content (AvgIpc) is 3.05. The lowest BCUT2D eigenvalue weighted by molar-refractivity contribution is -0.129. The average molecular weight is 277 g/mol. The van der Waals surface area contributed by atoms with Crippen LogP contribution < -0.4 is 0 Å². The highest BCUT2D eigenvalue weighted by molar-refractivity contribution is 5.90. The molecule has 4 heteroatoms. The van der Waals surface area contributed by atoms with E-state index in [0.29, 0.717) is 12.2 Å². The molecule has 0 unspecified atom stereocenters. The maximum Gasteiger partial charge on any atom is 0.158 e. The lowest BCUT2D eigenvalue weighted by Crippen LogP contribution is -2.49. The summed E-state index contributed by atoms with van der Waals surface area (Å²) in [6.45, 7) is 5.02. The zero-order valence-corrected chi connectivity index (χ0v) is 13.3. The number of carbonyl (C=O) groups is 1. The van der Waals surface area contributed by atoms with Crippen molar-refractivity contribution in [3.05, 3.63) is 17.5 Å². The molecule has 0 spiro atoms. The molecule has 0 aliphatic heterocycles. The van der Waals surface area contributed by atoms with Crippen molar-refractivity contribution in [3.8, 4) is 0 Å². The van der Waals surface area contributed by atoms with Crippen LogP contribution in [0.5, 0.6) is 0 Å². The first-order chi connectivity index (χ1) is 9.53. The zero-order valence-electron chi connectivity index (χ0n) is 13.3. The van der Waals surface area contributed by atoms with Gasteiger partial charge in [0.25, 0.3) is 0 Å². The molecule has 20 heavy (non-hydrogen) atoms. The van der Waals surface area contributed by atoms with Crippen LogP contribution in [0.2, 0.25) is 0 Å². The van der Waals surface area contributed by atoms with E-state index in [1.807, 2.05) is 18.8 Å². The monoisotopic (exact) mass is 277 g/mol. The Morgan fingerprint density at radius 3 is 2.50 bits per heavy atom. The van der Waals surface area contributed by atoms with Gasteiger partial charge < -0.3 is 0 Å². The number of nitrogens with zero attached hydrogens (tertiary/aromatic N) is 3. The first kappa shape index (κ1) is 15.2. The van der Waals surface area contributed by atoms with Crippen LogP contribution in [0.3, 0.4) is 0 Å². The van der Waals surface area contributed by atoms with Crippen LogP contribution in [0.1, 0.15) is 50.9 Å². The molecule has 0 N–H and O–H groups in total. The molecule has 1 aromatic rings. The molecule has 1 aliphatic carbocycles. The van der Waals surface area contributed by atoms with E-state index >= 15 is 0 Å². The van der Waals surface area contributed by atoms with E-state index in [2.05, 4.69) is 29.9 Å². The van der Waals surface area contributed by atoms with Crippen LogP contribution >= 0.6 is 0 Å². The topological polar surface area (TPSA) is 38.1 Å². The fraction of sp³-hybridized carbons (Fsp3) is 0.750. The minimum Gasteiger partial charge on any atom is -0.297 e. The van der Waals surface area contributed by atoms with Gasteiger partial charge in [-0.15, -0.1) is 0 Å². The predicted octanol–water partition coefficient (Wildman–Crippen LogP) is 2.45. The van der Waals surface area contributed by atoms with E-state index in [-0.39, 0.29) is 5.54 Å². The first-order valence-electron chi connectivity index (χ1n) is 7.79. The number of carbonyl (C=O) groups excluding carboxylic acids is 1. The summed E-state index contributed by atoms with van der Waals surface area (Å²) in [5.41, 5.74) is 1.91. The van der Waals surface area contributed by atoms with E-state index in [1.165, 1.54) is 0 Å². The molecule has 0 radical (unpaired) electrons. The second-order valence-electron chi connectivity index (χ2n) is 6.03. The SMILES string of the molecule is CCc1cc(CC(=O)C2(N(C)C)CCCC2)n(CC)n1. The summed E-state index contributed by atoms with van der Waals surface area (Å²) in [6, 6.07) is 2.10. The van der Waals surface area contributed by atoms with E-state index in [9.17, 15) is 4.79 Å². The molecule has 0 saturated heterocycles. The molecule has 0 bridgehead atoms. The van der Waals surface area contributed by atoms with Gasteiger partial charge in [0.15, 0.2) is 5.78 Å². The molecule has 0 amide bonds. The van der Waals surface area contributed by atoms with E-state index in [1.54, 1.807) is 0 Å². The third-order valence-electron chi connectivity index (χ3n) is 4.72. The smallest absolute Gasteiger partial charge is 0.158 e.